The van der Waals surface area contributed by atoms with Crippen molar-refractivity contribution in [3.8, 4) is 0 Å². The van der Waals surface area contributed by atoms with E-state index in [0.29, 0.717) is 13.1 Å². The van der Waals surface area contributed by atoms with Gasteiger partial charge in [-0.3, -0.25) is 14.6 Å². The topological polar surface area (TPSA) is 64.7 Å². The number of amides is 3. The van der Waals surface area contributed by atoms with Gasteiger partial charge in [-0.1, -0.05) is 0 Å². The smallest absolute Gasteiger partial charge is 0.324 e. The number of carbonyl (C=O) groups excluding carboxylic acids is 2. The largest absolute Gasteiger partial charge is 0.336 e. The molecule has 1 rings (SSSR count). The minimum absolute atomic E-state index is 0.136. The predicted octanol–water partition coefficient (Wildman–Crippen LogP) is -1.31. The first-order valence-corrected chi connectivity index (χ1v) is 5.06. The van der Waals surface area contributed by atoms with E-state index in [2.05, 4.69) is 10.6 Å². The van der Waals surface area contributed by atoms with Gasteiger partial charge in [0.1, 0.15) is 0 Å². The molecule has 2 N–H and O–H groups in total. The van der Waals surface area contributed by atoms with Crippen molar-refractivity contribution >= 4 is 11.9 Å². The van der Waals surface area contributed by atoms with Crippen molar-refractivity contribution < 1.29 is 9.59 Å². The summed E-state index contributed by atoms with van der Waals surface area (Å²) < 4.78 is 0. The van der Waals surface area contributed by atoms with Gasteiger partial charge in [0.2, 0.25) is 5.91 Å². The Morgan fingerprint density at radius 3 is 2.93 bits per heavy atom. The van der Waals surface area contributed by atoms with Gasteiger partial charge < -0.3 is 10.6 Å². The molecule has 1 aliphatic rings. The van der Waals surface area contributed by atoms with E-state index in [1.54, 1.807) is 0 Å². The van der Waals surface area contributed by atoms with Crippen LogP contribution in [0.2, 0.25) is 0 Å². The second-order valence-electron chi connectivity index (χ2n) is 3.62. The van der Waals surface area contributed by atoms with Crippen LogP contribution < -0.4 is 10.6 Å². The molecule has 0 saturated carbocycles. The Morgan fingerprint density at radius 2 is 2.40 bits per heavy atom. The molecule has 86 valence electrons. The van der Waals surface area contributed by atoms with Gasteiger partial charge in [0.25, 0.3) is 0 Å². The number of nitrogens with zero attached hydrogens (tertiary/aromatic N) is 2. The van der Waals surface area contributed by atoms with Crippen LogP contribution in [-0.2, 0) is 4.79 Å². The first-order chi connectivity index (χ1) is 7.15. The summed E-state index contributed by atoms with van der Waals surface area (Å²) in [5.74, 6) is -0.136. The molecule has 6 heteroatoms. The lowest BCUT2D eigenvalue weighted by Crippen LogP contribution is -2.42. The van der Waals surface area contributed by atoms with Gasteiger partial charge in [-0.2, -0.15) is 0 Å². The highest BCUT2D eigenvalue weighted by atomic mass is 16.2. The Hall–Kier alpha value is -1.14. The van der Waals surface area contributed by atoms with Gasteiger partial charge in [0.05, 0.1) is 6.54 Å². The normalized spacial score (nSPS) is 15.9. The van der Waals surface area contributed by atoms with Crippen LogP contribution in [0.25, 0.3) is 0 Å². The average Bonchev–Trinajstić information content (AvgIpc) is 2.61. The summed E-state index contributed by atoms with van der Waals surface area (Å²) in [6.07, 6.45) is 0. The molecule has 1 fully saturated rings. The molecule has 0 aromatic heterocycles. The van der Waals surface area contributed by atoms with Gasteiger partial charge in [-0.25, -0.2) is 4.79 Å². The van der Waals surface area contributed by atoms with E-state index in [4.69, 9.17) is 0 Å². The maximum atomic E-state index is 11.6. The first-order valence-electron chi connectivity index (χ1n) is 5.06. The van der Waals surface area contributed by atoms with Crippen LogP contribution in [0.3, 0.4) is 0 Å². The van der Waals surface area contributed by atoms with Crippen LogP contribution in [-0.4, -0.2) is 68.6 Å². The third kappa shape index (κ3) is 3.49. The Kier molecular flexibility index (Phi) is 4.51. The number of imide groups is 1. The predicted molar refractivity (Wildman–Crippen MR) is 56.5 cm³/mol. The van der Waals surface area contributed by atoms with Gasteiger partial charge in [0.15, 0.2) is 0 Å². The van der Waals surface area contributed by atoms with E-state index >= 15 is 0 Å². The van der Waals surface area contributed by atoms with Crippen LogP contribution in [0.15, 0.2) is 0 Å². The minimum atomic E-state index is -0.276. The van der Waals surface area contributed by atoms with Crippen LogP contribution >= 0.6 is 0 Å². The average molecular weight is 214 g/mol. The lowest BCUT2D eigenvalue weighted by atomic mass is 10.4. The lowest BCUT2D eigenvalue weighted by Gasteiger charge is -2.19. The molecule has 3 amide bonds. The fraction of sp³-hybridized carbons (Fsp3) is 0.778. The summed E-state index contributed by atoms with van der Waals surface area (Å²) in [5, 5.41) is 5.61. The number of carbonyl (C=O) groups is 2. The van der Waals surface area contributed by atoms with Crippen molar-refractivity contribution in [2.75, 3.05) is 46.8 Å². The Morgan fingerprint density at radius 1 is 1.67 bits per heavy atom. The first kappa shape index (κ1) is 11.9. The van der Waals surface area contributed by atoms with E-state index in [1.165, 1.54) is 4.90 Å². The van der Waals surface area contributed by atoms with Gasteiger partial charge >= 0.3 is 6.03 Å². The zero-order valence-corrected chi connectivity index (χ0v) is 9.25. The molecular weight excluding hydrogens is 196 g/mol. The SMILES string of the molecule is CNCCN(C)CC(=O)N1CCNC1=O. The fourth-order valence-corrected chi connectivity index (χ4v) is 1.41. The van der Waals surface area contributed by atoms with E-state index in [1.807, 2.05) is 19.0 Å². The summed E-state index contributed by atoms with van der Waals surface area (Å²) in [4.78, 5) is 26.0. The van der Waals surface area contributed by atoms with Crippen molar-refractivity contribution in [3.63, 3.8) is 0 Å². The van der Waals surface area contributed by atoms with E-state index in [-0.39, 0.29) is 18.5 Å². The van der Waals surface area contributed by atoms with Crippen molar-refractivity contribution in [1.82, 2.24) is 20.4 Å². The van der Waals surface area contributed by atoms with Crippen LogP contribution in [0.4, 0.5) is 4.79 Å². The van der Waals surface area contributed by atoms with Crippen LogP contribution in [0, 0.1) is 0 Å². The van der Waals surface area contributed by atoms with Crippen LogP contribution in [0.1, 0.15) is 0 Å². The molecule has 0 spiro atoms. The second kappa shape index (κ2) is 5.67. The summed E-state index contributed by atoms with van der Waals surface area (Å²) in [6, 6.07) is -0.276. The quantitative estimate of drug-likeness (QED) is 0.596. The summed E-state index contributed by atoms with van der Waals surface area (Å²) in [5.41, 5.74) is 0. The number of hydrogen-bond donors (Lipinski definition) is 2. The van der Waals surface area contributed by atoms with Crippen molar-refractivity contribution in [1.29, 1.82) is 0 Å². The van der Waals surface area contributed by atoms with Crippen molar-refractivity contribution in [3.05, 3.63) is 0 Å². The monoisotopic (exact) mass is 214 g/mol. The molecule has 1 saturated heterocycles. The molecule has 0 radical (unpaired) electrons. The zero-order valence-electron chi connectivity index (χ0n) is 9.25. The number of nitrogens with one attached hydrogen (secondary N) is 2. The highest BCUT2D eigenvalue weighted by Gasteiger charge is 2.26. The maximum absolute atomic E-state index is 11.6. The van der Waals surface area contributed by atoms with E-state index < -0.39 is 0 Å². The number of likely N-dealkylation sites (N-methyl/N-ethyl adjacent to an activating group) is 2. The number of rotatable bonds is 5. The molecule has 0 bridgehead atoms. The molecular formula is C9H18N4O2. The third-order valence-corrected chi connectivity index (χ3v) is 2.31. The van der Waals surface area contributed by atoms with E-state index in [0.717, 1.165) is 13.1 Å². The molecule has 15 heavy (non-hydrogen) atoms. The molecule has 0 unspecified atom stereocenters. The van der Waals surface area contributed by atoms with E-state index in [9.17, 15) is 9.59 Å². The summed E-state index contributed by atoms with van der Waals surface area (Å²) in [7, 11) is 3.73. The summed E-state index contributed by atoms with van der Waals surface area (Å²) >= 11 is 0. The van der Waals surface area contributed by atoms with Gasteiger partial charge in [-0.05, 0) is 14.1 Å². The van der Waals surface area contributed by atoms with Gasteiger partial charge in [-0.15, -0.1) is 0 Å². The molecule has 0 aliphatic carbocycles. The molecule has 6 nitrogen and oxygen atoms in total. The van der Waals surface area contributed by atoms with Gasteiger partial charge in [0, 0.05) is 26.2 Å². The zero-order chi connectivity index (χ0) is 11.3. The highest BCUT2D eigenvalue weighted by Crippen LogP contribution is 1.98. The molecule has 0 aromatic carbocycles. The lowest BCUT2D eigenvalue weighted by molar-refractivity contribution is -0.128. The van der Waals surface area contributed by atoms with Crippen molar-refractivity contribution in [2.45, 2.75) is 0 Å². The number of hydrogen-bond acceptors (Lipinski definition) is 4. The Bertz CT molecular complexity index is 244. The molecule has 0 atom stereocenters. The van der Waals surface area contributed by atoms with Crippen molar-refractivity contribution in [2.24, 2.45) is 0 Å². The molecule has 1 aliphatic heterocycles. The highest BCUT2D eigenvalue weighted by molar-refractivity contribution is 5.96. The second-order valence-corrected chi connectivity index (χ2v) is 3.62. The molecule has 1 heterocycles. The van der Waals surface area contributed by atoms with Crippen LogP contribution in [0.5, 0.6) is 0 Å². The number of urea groups is 1. The Balaban J connectivity index is 2.31. The maximum Gasteiger partial charge on any atom is 0.324 e. The minimum Gasteiger partial charge on any atom is -0.336 e. The molecule has 0 aromatic rings. The summed E-state index contributed by atoms with van der Waals surface area (Å²) in [6.45, 7) is 2.95. The fourth-order valence-electron chi connectivity index (χ4n) is 1.41. The Labute approximate surface area is 89.6 Å². The standard InChI is InChI=1S/C9H18N4O2/c1-10-3-5-12(2)7-8(14)13-6-4-11-9(13)15/h10H,3-7H2,1-2H3,(H,11,15). The third-order valence-electron chi connectivity index (χ3n) is 2.31.